The third-order valence-corrected chi connectivity index (χ3v) is 2.95. The van der Waals surface area contributed by atoms with Crippen molar-refractivity contribution in [2.75, 3.05) is 0 Å². The molecule has 0 atom stereocenters. The fraction of sp³-hybridized carbons (Fsp3) is 1.00. The molecule has 0 saturated carbocycles. The van der Waals surface area contributed by atoms with Gasteiger partial charge in [0.15, 0.2) is 0 Å². The first-order valence-electron chi connectivity index (χ1n) is 2.82. The van der Waals surface area contributed by atoms with Crippen molar-refractivity contribution in [1.29, 1.82) is 0 Å². The van der Waals surface area contributed by atoms with E-state index in [0.29, 0.717) is 0 Å². The second-order valence-electron chi connectivity index (χ2n) is 1.93. The smallest absolute Gasteiger partial charge is 0.0280 e. The van der Waals surface area contributed by atoms with Gasteiger partial charge in [-0.2, -0.15) is 0 Å². The molecule has 0 unspecified atom stereocenters. The predicted molar refractivity (Wildman–Crippen MR) is 30.6 cm³/mol. The Labute approximate surface area is 63.4 Å². The van der Waals surface area contributed by atoms with Crippen LogP contribution in [0.3, 0.4) is 0 Å². The van der Waals surface area contributed by atoms with Crippen LogP contribution in [0.1, 0.15) is 19.3 Å². The van der Waals surface area contributed by atoms with E-state index < -0.39 is 0 Å². The molecule has 0 spiro atoms. The van der Waals surface area contributed by atoms with Crippen LogP contribution in [0.5, 0.6) is 0 Å². The van der Waals surface area contributed by atoms with Crippen molar-refractivity contribution in [3.05, 3.63) is 0 Å². The molecule has 1 saturated heterocycles. The summed E-state index contributed by atoms with van der Waals surface area (Å²) in [4.78, 5) is 0. The summed E-state index contributed by atoms with van der Waals surface area (Å²) in [6.45, 7) is 0. The van der Waals surface area contributed by atoms with E-state index in [-0.39, 0.29) is 22.4 Å². The zero-order valence-corrected chi connectivity index (χ0v) is 8.93. The van der Waals surface area contributed by atoms with Crippen LogP contribution in [-0.4, -0.2) is 9.52 Å². The zero-order valence-electron chi connectivity index (χ0n) is 4.56. The summed E-state index contributed by atoms with van der Waals surface area (Å²) < 4.78 is 0. The first-order chi connectivity index (χ1) is 3.00. The Bertz CT molecular complexity index is 23.6. The molecule has 1 aliphatic rings. The number of hydrogen-bond acceptors (Lipinski definition) is 0. The Balaban J connectivity index is 0.000000360. The van der Waals surface area contributed by atoms with Gasteiger partial charge in [-0.15, -0.1) is 0 Å². The van der Waals surface area contributed by atoms with Gasteiger partial charge in [0, 0.05) is 31.9 Å². The van der Waals surface area contributed by atoms with Gasteiger partial charge >= 0.3 is 0 Å². The van der Waals surface area contributed by atoms with E-state index in [1.165, 1.54) is 19.3 Å². The van der Waals surface area contributed by atoms with Gasteiger partial charge in [-0.25, -0.2) is 0 Å². The van der Waals surface area contributed by atoms with Crippen LogP contribution in [0.15, 0.2) is 0 Å². The second-order valence-corrected chi connectivity index (χ2v) is 3.66. The normalized spacial score (nSPS) is 20.6. The van der Waals surface area contributed by atoms with E-state index >= 15 is 0 Å². The Hall–Kier alpha value is 0.957. The van der Waals surface area contributed by atoms with Crippen molar-refractivity contribution in [3.8, 4) is 0 Å². The molecule has 1 heterocycles. The van der Waals surface area contributed by atoms with Gasteiger partial charge in [0.2, 0.25) is 0 Å². The molecule has 0 amide bonds. The monoisotopic (exact) mass is 280 g/mol. The Morgan fingerprint density at radius 1 is 0.857 bits per heavy atom. The van der Waals surface area contributed by atoms with E-state index in [2.05, 4.69) is 0 Å². The quantitative estimate of drug-likeness (QED) is 0.589. The largest absolute Gasteiger partial charge is 0.0620 e. The molecule has 0 N–H and O–H groups in total. The van der Waals surface area contributed by atoms with E-state index in [1.54, 1.807) is 12.1 Å². The first kappa shape index (κ1) is 7.96. The van der Waals surface area contributed by atoms with E-state index in [1.807, 2.05) is 0 Å². The first-order valence-corrected chi connectivity index (χ1v) is 4.45. The van der Waals surface area contributed by atoms with Crippen LogP contribution in [0.25, 0.3) is 0 Å². The molecule has 0 aromatic rings. The zero-order chi connectivity index (χ0) is 4.24. The molecule has 7 heavy (non-hydrogen) atoms. The molecule has 0 aromatic heterocycles. The third-order valence-electron chi connectivity index (χ3n) is 1.32. The molecule has 1 aliphatic heterocycles. The maximum Gasteiger partial charge on any atom is 0.0280 e. The van der Waals surface area contributed by atoms with Crippen molar-refractivity contribution in [1.82, 2.24) is 0 Å². The topological polar surface area (TPSA) is 0 Å². The minimum absolute atomic E-state index is 0. The second kappa shape index (κ2) is 5.10. The summed E-state index contributed by atoms with van der Waals surface area (Å²) in [5, 5.41) is 0. The standard InChI is InChI=1S/C5H11Si.Ta/c1-2-4-6-5-3-1;/h6H,1-5H2;. The predicted octanol–water partition coefficient (Wildman–Crippen LogP) is 1.44. The molecular formula is C5H11SiTa. The third kappa shape index (κ3) is 3.53. The van der Waals surface area contributed by atoms with Gasteiger partial charge in [-0.1, -0.05) is 31.4 Å². The number of rotatable bonds is 0. The molecule has 1 fully saturated rings. The molecule has 0 nitrogen and oxygen atoms in total. The van der Waals surface area contributed by atoms with Crippen LogP contribution < -0.4 is 0 Å². The number of hydrogen-bond donors (Lipinski definition) is 0. The fourth-order valence-corrected chi connectivity index (χ4v) is 2.34. The van der Waals surface area contributed by atoms with E-state index in [4.69, 9.17) is 0 Å². The maximum absolute atomic E-state index is 1.58. The van der Waals surface area contributed by atoms with Crippen molar-refractivity contribution in [2.45, 2.75) is 31.4 Å². The minimum Gasteiger partial charge on any atom is -0.0620 e. The minimum atomic E-state index is 0. The summed E-state index contributed by atoms with van der Waals surface area (Å²) >= 11 is 0. The van der Waals surface area contributed by atoms with Crippen molar-refractivity contribution in [3.63, 3.8) is 0 Å². The van der Waals surface area contributed by atoms with Gasteiger partial charge in [0.1, 0.15) is 0 Å². The Morgan fingerprint density at radius 3 is 1.57 bits per heavy atom. The van der Waals surface area contributed by atoms with Crippen molar-refractivity contribution < 1.29 is 22.4 Å². The van der Waals surface area contributed by atoms with Crippen LogP contribution in [0.2, 0.25) is 12.1 Å². The van der Waals surface area contributed by atoms with Crippen molar-refractivity contribution >= 4 is 9.52 Å². The Kier molecular flexibility index (Phi) is 5.80. The van der Waals surface area contributed by atoms with E-state index in [9.17, 15) is 0 Å². The summed E-state index contributed by atoms with van der Waals surface area (Å²) in [7, 11) is 0.905. The molecule has 0 aromatic carbocycles. The van der Waals surface area contributed by atoms with Gasteiger partial charge in [-0.05, 0) is 0 Å². The molecule has 2 radical (unpaired) electrons. The molecule has 40 valence electrons. The van der Waals surface area contributed by atoms with Gasteiger partial charge in [-0.3, -0.25) is 0 Å². The maximum atomic E-state index is 1.58. The molecular weight excluding hydrogens is 269 g/mol. The van der Waals surface area contributed by atoms with Crippen LogP contribution in [-0.2, 0) is 22.4 Å². The average molecular weight is 280 g/mol. The summed E-state index contributed by atoms with van der Waals surface area (Å²) in [6, 6.07) is 3.17. The van der Waals surface area contributed by atoms with Crippen LogP contribution in [0, 0.1) is 0 Å². The summed E-state index contributed by atoms with van der Waals surface area (Å²) in [6.07, 6.45) is 4.59. The average Bonchev–Trinajstić information content (AvgIpc) is 1.72. The van der Waals surface area contributed by atoms with Crippen molar-refractivity contribution in [2.24, 2.45) is 0 Å². The molecule has 1 rings (SSSR count). The van der Waals surface area contributed by atoms with E-state index in [0.717, 1.165) is 9.52 Å². The van der Waals surface area contributed by atoms with Crippen LogP contribution in [0.4, 0.5) is 0 Å². The molecule has 0 aliphatic carbocycles. The summed E-state index contributed by atoms with van der Waals surface area (Å²) in [5.74, 6) is 0. The van der Waals surface area contributed by atoms with Gasteiger partial charge in [0.25, 0.3) is 0 Å². The molecule has 2 heteroatoms. The van der Waals surface area contributed by atoms with Gasteiger partial charge < -0.3 is 0 Å². The summed E-state index contributed by atoms with van der Waals surface area (Å²) in [5.41, 5.74) is 0. The molecule has 0 bridgehead atoms. The van der Waals surface area contributed by atoms with Gasteiger partial charge in [0.05, 0.1) is 0 Å². The SMILES string of the molecule is C1CC[SiH]CC1.[Ta]. The van der Waals surface area contributed by atoms with Crippen LogP contribution >= 0.6 is 0 Å². The Morgan fingerprint density at radius 2 is 1.43 bits per heavy atom. The fourth-order valence-electron chi connectivity index (χ4n) is 0.898.